The topological polar surface area (TPSA) is 71.5 Å². The molecule has 1 saturated carbocycles. The molecule has 2 aromatic rings. The summed E-state index contributed by atoms with van der Waals surface area (Å²) in [4.78, 5) is 30.6. The molecule has 1 fully saturated rings. The fourth-order valence-corrected chi connectivity index (χ4v) is 3.56. The molecule has 0 unspecified atom stereocenters. The Morgan fingerprint density at radius 3 is 2.61 bits per heavy atom. The maximum absolute atomic E-state index is 12.9. The van der Waals surface area contributed by atoms with Crippen LogP contribution < -0.4 is 5.32 Å². The molecule has 1 aromatic heterocycles. The number of carbonyl (C=O) groups is 2. The number of rotatable bonds is 6. The molecule has 31 heavy (non-hydrogen) atoms. The molecule has 0 atom stereocenters. The molecular formula is C22H24F3N3O3. The van der Waals surface area contributed by atoms with E-state index in [2.05, 4.69) is 10.3 Å². The lowest BCUT2D eigenvalue weighted by Crippen LogP contribution is -2.40. The van der Waals surface area contributed by atoms with E-state index in [1.807, 2.05) is 0 Å². The second kappa shape index (κ2) is 9.80. The van der Waals surface area contributed by atoms with Crippen molar-refractivity contribution < 1.29 is 27.5 Å². The fourth-order valence-electron chi connectivity index (χ4n) is 3.56. The molecule has 0 aliphatic heterocycles. The number of nitrogens with one attached hydrogen (secondary N) is 1. The van der Waals surface area contributed by atoms with Crippen molar-refractivity contribution in [3.05, 3.63) is 53.7 Å². The van der Waals surface area contributed by atoms with Crippen LogP contribution in [0.25, 0.3) is 0 Å². The summed E-state index contributed by atoms with van der Waals surface area (Å²) in [5.41, 5.74) is -0.683. The van der Waals surface area contributed by atoms with Gasteiger partial charge in [-0.1, -0.05) is 25.3 Å². The number of hydrogen-bond acceptors (Lipinski definition) is 5. The number of pyridine rings is 1. The highest BCUT2D eigenvalue weighted by Gasteiger charge is 2.30. The number of aromatic nitrogens is 1. The second-order valence-corrected chi connectivity index (χ2v) is 7.48. The smallest absolute Gasteiger partial charge is 0.416 e. The molecule has 1 aliphatic rings. The van der Waals surface area contributed by atoms with Crippen LogP contribution >= 0.6 is 0 Å². The van der Waals surface area contributed by atoms with Gasteiger partial charge in [-0.3, -0.25) is 4.79 Å². The zero-order valence-corrected chi connectivity index (χ0v) is 17.1. The number of carbonyl (C=O) groups excluding carboxylic acids is 2. The first-order valence-electron chi connectivity index (χ1n) is 10.1. The highest BCUT2D eigenvalue weighted by atomic mass is 19.4. The number of benzene rings is 1. The molecule has 1 N–H and O–H groups in total. The van der Waals surface area contributed by atoms with Crippen LogP contribution in [0.4, 0.5) is 24.7 Å². The van der Waals surface area contributed by atoms with E-state index in [1.54, 1.807) is 11.9 Å². The van der Waals surface area contributed by atoms with Gasteiger partial charge in [0.2, 0.25) is 0 Å². The molecule has 9 heteroatoms. The van der Waals surface area contributed by atoms with Crippen molar-refractivity contribution >= 4 is 23.4 Å². The quantitative estimate of drug-likeness (QED) is 0.661. The van der Waals surface area contributed by atoms with Crippen LogP contribution in [0.15, 0.2) is 42.6 Å². The molecule has 0 radical (unpaired) electrons. The van der Waals surface area contributed by atoms with Crippen LogP contribution in [-0.2, 0) is 15.7 Å². The zero-order valence-electron chi connectivity index (χ0n) is 17.1. The van der Waals surface area contributed by atoms with Gasteiger partial charge in [0.05, 0.1) is 5.56 Å². The third-order valence-electron chi connectivity index (χ3n) is 5.32. The van der Waals surface area contributed by atoms with Gasteiger partial charge in [0.25, 0.3) is 5.91 Å². The van der Waals surface area contributed by atoms with Crippen molar-refractivity contribution in [2.75, 3.05) is 19.0 Å². The van der Waals surface area contributed by atoms with Gasteiger partial charge < -0.3 is 15.0 Å². The van der Waals surface area contributed by atoms with Crippen molar-refractivity contribution in [2.24, 2.45) is 0 Å². The molecule has 1 aliphatic carbocycles. The molecule has 0 spiro atoms. The van der Waals surface area contributed by atoms with Gasteiger partial charge in [0.1, 0.15) is 11.4 Å². The average molecular weight is 435 g/mol. The molecule has 6 nitrogen and oxygen atoms in total. The maximum atomic E-state index is 12.9. The summed E-state index contributed by atoms with van der Waals surface area (Å²) in [5.74, 6) is -1.04. The Kier molecular flexibility index (Phi) is 7.14. The number of esters is 1. The minimum atomic E-state index is -4.49. The lowest BCUT2D eigenvalue weighted by Gasteiger charge is -2.31. The molecule has 1 amide bonds. The number of amides is 1. The number of alkyl halides is 3. The van der Waals surface area contributed by atoms with E-state index in [0.29, 0.717) is 0 Å². The van der Waals surface area contributed by atoms with Gasteiger partial charge in [-0.2, -0.15) is 13.2 Å². The molecule has 3 rings (SSSR count). The summed E-state index contributed by atoms with van der Waals surface area (Å²) in [6.45, 7) is -0.413. The fraction of sp³-hybridized carbons (Fsp3) is 0.409. The monoisotopic (exact) mass is 435 g/mol. The van der Waals surface area contributed by atoms with Crippen molar-refractivity contribution in [2.45, 2.75) is 44.3 Å². The first kappa shape index (κ1) is 22.6. The molecular weight excluding hydrogens is 411 g/mol. The van der Waals surface area contributed by atoms with E-state index < -0.39 is 24.3 Å². The maximum Gasteiger partial charge on any atom is 0.416 e. The van der Waals surface area contributed by atoms with Crippen molar-refractivity contribution in [1.82, 2.24) is 9.88 Å². The van der Waals surface area contributed by atoms with Crippen LogP contribution in [0.1, 0.15) is 48.0 Å². The molecule has 1 aromatic carbocycles. The zero-order chi connectivity index (χ0) is 22.4. The van der Waals surface area contributed by atoms with Crippen molar-refractivity contribution in [1.29, 1.82) is 0 Å². The summed E-state index contributed by atoms with van der Waals surface area (Å²) in [5, 5.41) is 2.72. The number of likely N-dealkylation sites (N-methyl/N-ethyl adjacent to an activating group) is 1. The normalized spacial score (nSPS) is 14.7. The highest BCUT2D eigenvalue weighted by molar-refractivity contribution is 5.96. The summed E-state index contributed by atoms with van der Waals surface area (Å²) < 4.78 is 44.0. The van der Waals surface area contributed by atoms with Crippen LogP contribution in [0.2, 0.25) is 0 Å². The SMILES string of the molecule is CN(C(=O)COC(=O)c1cccnc1Nc1cccc(C(F)(F)F)c1)C1CCCCC1. The lowest BCUT2D eigenvalue weighted by molar-refractivity contribution is -0.137. The van der Waals surface area contributed by atoms with Gasteiger partial charge in [0.15, 0.2) is 6.61 Å². The van der Waals surface area contributed by atoms with Gasteiger partial charge in [-0.05, 0) is 43.2 Å². The van der Waals surface area contributed by atoms with Crippen LogP contribution in [0, 0.1) is 0 Å². The predicted octanol–water partition coefficient (Wildman–Crippen LogP) is 4.79. The Bertz CT molecular complexity index is 927. The summed E-state index contributed by atoms with van der Waals surface area (Å²) >= 11 is 0. The lowest BCUT2D eigenvalue weighted by atomic mass is 9.94. The number of ether oxygens (including phenoxy) is 1. The van der Waals surface area contributed by atoms with Gasteiger partial charge >= 0.3 is 12.1 Å². The van der Waals surface area contributed by atoms with E-state index >= 15 is 0 Å². The Morgan fingerprint density at radius 2 is 1.90 bits per heavy atom. The second-order valence-electron chi connectivity index (χ2n) is 7.48. The van der Waals surface area contributed by atoms with Crippen molar-refractivity contribution in [3.63, 3.8) is 0 Å². The summed E-state index contributed by atoms with van der Waals surface area (Å²) in [6.07, 6.45) is 2.08. The third-order valence-corrected chi connectivity index (χ3v) is 5.32. The number of hydrogen-bond donors (Lipinski definition) is 1. The van der Waals surface area contributed by atoms with Gasteiger partial charge in [-0.15, -0.1) is 0 Å². The minimum Gasteiger partial charge on any atom is -0.452 e. The van der Waals surface area contributed by atoms with Crippen LogP contribution in [0.3, 0.4) is 0 Å². The molecule has 0 bridgehead atoms. The van der Waals surface area contributed by atoms with Crippen LogP contribution in [0.5, 0.6) is 0 Å². The Labute approximate surface area is 178 Å². The van der Waals surface area contributed by atoms with Crippen molar-refractivity contribution in [3.8, 4) is 0 Å². The van der Waals surface area contributed by atoms with E-state index in [0.717, 1.165) is 44.2 Å². The van der Waals surface area contributed by atoms with E-state index in [9.17, 15) is 22.8 Å². The molecule has 166 valence electrons. The van der Waals surface area contributed by atoms with Crippen LogP contribution in [-0.4, -0.2) is 41.5 Å². The first-order valence-corrected chi connectivity index (χ1v) is 10.1. The number of nitrogens with zero attached hydrogens (tertiary/aromatic N) is 2. The number of halogens is 3. The van der Waals surface area contributed by atoms with E-state index in [-0.39, 0.29) is 29.0 Å². The molecule has 1 heterocycles. The summed E-state index contributed by atoms with van der Waals surface area (Å²) in [6, 6.07) is 7.65. The standard InChI is InChI=1S/C22H24F3N3O3/c1-28(17-9-3-2-4-10-17)19(29)14-31-21(30)18-11-6-12-26-20(18)27-16-8-5-7-15(13-16)22(23,24)25/h5-8,11-13,17H,2-4,9-10,14H2,1H3,(H,26,27). The largest absolute Gasteiger partial charge is 0.452 e. The minimum absolute atomic E-state index is 0.0213. The predicted molar refractivity (Wildman–Crippen MR) is 109 cm³/mol. The average Bonchev–Trinajstić information content (AvgIpc) is 2.77. The third kappa shape index (κ3) is 5.96. The first-order chi connectivity index (χ1) is 14.8. The Morgan fingerprint density at radius 1 is 1.16 bits per heavy atom. The highest BCUT2D eigenvalue weighted by Crippen LogP contribution is 2.31. The Balaban J connectivity index is 1.65. The van der Waals surface area contributed by atoms with E-state index in [1.165, 1.54) is 30.5 Å². The van der Waals surface area contributed by atoms with E-state index in [4.69, 9.17) is 4.74 Å². The van der Waals surface area contributed by atoms with Gasteiger partial charge in [0, 0.05) is 25.0 Å². The van der Waals surface area contributed by atoms with Gasteiger partial charge in [-0.25, -0.2) is 9.78 Å². The number of anilines is 2. The Hall–Kier alpha value is -3.10. The molecule has 0 saturated heterocycles. The summed E-state index contributed by atoms with van der Waals surface area (Å²) in [7, 11) is 1.71.